The number of pyridine rings is 1. The first kappa shape index (κ1) is 27.0. The van der Waals surface area contributed by atoms with Crippen molar-refractivity contribution in [3.05, 3.63) is 113 Å². The van der Waals surface area contributed by atoms with Crippen LogP contribution >= 0.6 is 0 Å². The predicted molar refractivity (Wildman–Crippen MR) is 147 cm³/mol. The maximum absolute atomic E-state index is 13.7. The van der Waals surface area contributed by atoms with Gasteiger partial charge in [0, 0.05) is 12.7 Å². The molecule has 0 aliphatic heterocycles. The molecular formula is C30H30N4O5. The highest BCUT2D eigenvalue weighted by Gasteiger charge is 2.28. The summed E-state index contributed by atoms with van der Waals surface area (Å²) in [5, 5.41) is 34.8. The van der Waals surface area contributed by atoms with Gasteiger partial charge in [0.05, 0.1) is 5.92 Å². The Hall–Kier alpha value is -5.05. The van der Waals surface area contributed by atoms with Gasteiger partial charge in [-0.3, -0.25) is 9.59 Å². The summed E-state index contributed by atoms with van der Waals surface area (Å²) in [6.45, 7) is 0.215. The first-order valence-electron chi connectivity index (χ1n) is 12.4. The van der Waals surface area contributed by atoms with Gasteiger partial charge in [-0.2, -0.15) is 0 Å². The Bertz CT molecular complexity index is 1360. The molecular weight excluding hydrogens is 496 g/mol. The molecule has 0 aliphatic rings. The molecule has 9 nitrogen and oxygen atoms in total. The number of rotatable bonds is 10. The maximum atomic E-state index is 13.7. The van der Waals surface area contributed by atoms with Gasteiger partial charge in [-0.1, -0.05) is 36.4 Å². The van der Waals surface area contributed by atoms with Gasteiger partial charge < -0.3 is 31.7 Å². The van der Waals surface area contributed by atoms with Gasteiger partial charge in [0.1, 0.15) is 29.1 Å². The average Bonchev–Trinajstić information content (AvgIpc) is 2.93. The van der Waals surface area contributed by atoms with E-state index in [1.165, 1.54) is 36.4 Å². The minimum atomic E-state index is -0.874. The molecule has 0 spiro atoms. The Balaban J connectivity index is 1.57. The van der Waals surface area contributed by atoms with E-state index in [9.17, 15) is 24.9 Å². The van der Waals surface area contributed by atoms with Gasteiger partial charge in [-0.25, -0.2) is 4.98 Å². The zero-order chi connectivity index (χ0) is 27.8. The lowest BCUT2D eigenvalue weighted by Crippen LogP contribution is -2.48. The summed E-state index contributed by atoms with van der Waals surface area (Å²) in [5.41, 5.74) is 8.70. The topological polar surface area (TPSA) is 158 Å². The van der Waals surface area contributed by atoms with Gasteiger partial charge in [0.2, 0.25) is 11.8 Å². The second-order valence-corrected chi connectivity index (χ2v) is 9.19. The van der Waals surface area contributed by atoms with Crippen molar-refractivity contribution in [1.29, 1.82) is 0 Å². The molecule has 3 aromatic carbocycles. The molecule has 0 bridgehead atoms. The Morgan fingerprint density at radius 2 is 1.28 bits per heavy atom. The summed E-state index contributed by atoms with van der Waals surface area (Å²) < 4.78 is 0. The van der Waals surface area contributed by atoms with Gasteiger partial charge >= 0.3 is 0 Å². The largest absolute Gasteiger partial charge is 0.508 e. The van der Waals surface area contributed by atoms with Crippen molar-refractivity contribution in [3.8, 4) is 17.2 Å². The van der Waals surface area contributed by atoms with Crippen LogP contribution in [0.2, 0.25) is 0 Å². The highest BCUT2D eigenvalue weighted by Crippen LogP contribution is 2.28. The van der Waals surface area contributed by atoms with Crippen molar-refractivity contribution in [1.82, 2.24) is 15.6 Å². The fourth-order valence-electron chi connectivity index (χ4n) is 4.24. The van der Waals surface area contributed by atoms with Crippen LogP contribution in [0, 0.1) is 0 Å². The maximum Gasteiger partial charge on any atom is 0.242 e. The lowest BCUT2D eigenvalue weighted by Gasteiger charge is -2.23. The third-order valence-corrected chi connectivity index (χ3v) is 6.32. The van der Waals surface area contributed by atoms with Gasteiger partial charge in [0.15, 0.2) is 0 Å². The first-order valence-corrected chi connectivity index (χ1v) is 12.4. The molecule has 1 heterocycles. The second kappa shape index (κ2) is 12.5. The third-order valence-electron chi connectivity index (χ3n) is 6.32. The van der Waals surface area contributed by atoms with Crippen molar-refractivity contribution in [2.75, 3.05) is 5.73 Å². The normalized spacial score (nSPS) is 11.6. The monoisotopic (exact) mass is 526 g/mol. The van der Waals surface area contributed by atoms with Crippen molar-refractivity contribution >= 4 is 17.6 Å². The molecule has 4 aromatic rings. The first-order chi connectivity index (χ1) is 18.8. The molecule has 7 N–H and O–H groups in total. The van der Waals surface area contributed by atoms with E-state index in [1.54, 1.807) is 54.7 Å². The molecule has 1 aromatic heterocycles. The number of aryl methyl sites for hydroxylation is 1. The molecule has 39 heavy (non-hydrogen) atoms. The summed E-state index contributed by atoms with van der Waals surface area (Å²) >= 11 is 0. The fraction of sp³-hybridized carbons (Fsp3) is 0.167. The lowest BCUT2D eigenvalue weighted by atomic mass is 9.89. The van der Waals surface area contributed by atoms with E-state index in [4.69, 9.17) is 5.73 Å². The van der Waals surface area contributed by atoms with Crippen molar-refractivity contribution < 1.29 is 24.9 Å². The van der Waals surface area contributed by atoms with Crippen molar-refractivity contribution in [2.45, 2.75) is 31.3 Å². The molecule has 200 valence electrons. The zero-order valence-electron chi connectivity index (χ0n) is 21.1. The van der Waals surface area contributed by atoms with Gasteiger partial charge in [-0.15, -0.1) is 0 Å². The number of nitrogens with one attached hydrogen (secondary N) is 2. The van der Waals surface area contributed by atoms with Crippen LogP contribution in [-0.4, -0.2) is 38.2 Å². The van der Waals surface area contributed by atoms with E-state index in [0.29, 0.717) is 29.8 Å². The number of hydrogen-bond acceptors (Lipinski definition) is 7. The number of amides is 2. The molecule has 2 amide bonds. The van der Waals surface area contributed by atoms with Crippen molar-refractivity contribution in [2.24, 2.45) is 0 Å². The number of aromatic hydroxyl groups is 3. The molecule has 9 heteroatoms. The Labute approximate surface area is 226 Å². The molecule has 1 atom stereocenters. The van der Waals surface area contributed by atoms with Crippen molar-refractivity contribution in [3.63, 3.8) is 0 Å². The Morgan fingerprint density at radius 1 is 0.744 bits per heavy atom. The molecule has 0 fully saturated rings. The number of nitrogens with two attached hydrogens (primary N) is 1. The number of carbonyl (C=O) groups excluding carboxylic acids is 2. The Morgan fingerprint density at radius 3 is 1.82 bits per heavy atom. The van der Waals surface area contributed by atoms with Crippen LogP contribution < -0.4 is 16.4 Å². The average molecular weight is 527 g/mol. The highest BCUT2D eigenvalue weighted by molar-refractivity contribution is 5.92. The number of nitrogens with zero attached hydrogens (tertiary/aromatic N) is 1. The van der Waals surface area contributed by atoms with Crippen LogP contribution in [0.1, 0.15) is 34.6 Å². The minimum Gasteiger partial charge on any atom is -0.508 e. The van der Waals surface area contributed by atoms with Crippen LogP contribution in [0.3, 0.4) is 0 Å². The van der Waals surface area contributed by atoms with Crippen LogP contribution in [0.15, 0.2) is 91.1 Å². The number of anilines is 1. The summed E-state index contributed by atoms with van der Waals surface area (Å²) in [7, 11) is 0. The second-order valence-electron chi connectivity index (χ2n) is 9.19. The van der Waals surface area contributed by atoms with Crippen LogP contribution in [-0.2, 0) is 22.6 Å². The number of phenolic OH excluding ortho intramolecular Hbond substituents is 3. The van der Waals surface area contributed by atoms with E-state index in [0.717, 1.165) is 11.1 Å². The van der Waals surface area contributed by atoms with Gasteiger partial charge in [-0.05, 0) is 83.6 Å². The highest BCUT2D eigenvalue weighted by atomic mass is 16.3. The number of benzene rings is 3. The third kappa shape index (κ3) is 7.48. The zero-order valence-corrected chi connectivity index (χ0v) is 21.1. The standard InChI is InChI=1S/C30H30N4O5/c31-27-17-19(15-16-32-27)3-14-26(29(38)33-18-20-1-8-23(35)9-2-20)34-30(39)28(21-4-10-24(36)11-5-21)22-6-12-25(37)13-7-22/h1-2,4-13,15-17,26,28,35-37H,3,14,18H2,(H2,31,32)(H,33,38)(H,34,39). The fourth-order valence-corrected chi connectivity index (χ4v) is 4.24. The van der Waals surface area contributed by atoms with Gasteiger partial charge in [0.25, 0.3) is 0 Å². The summed E-state index contributed by atoms with van der Waals surface area (Å²) in [4.78, 5) is 31.0. The molecule has 4 rings (SSSR count). The predicted octanol–water partition coefficient (Wildman–Crippen LogP) is 3.35. The van der Waals surface area contributed by atoms with E-state index in [-0.39, 0.29) is 29.7 Å². The number of carbonyl (C=O) groups is 2. The smallest absolute Gasteiger partial charge is 0.242 e. The minimum absolute atomic E-state index is 0.0618. The number of aromatic nitrogens is 1. The van der Waals surface area contributed by atoms with Crippen LogP contribution in [0.4, 0.5) is 5.82 Å². The molecule has 0 radical (unpaired) electrons. The Kier molecular flexibility index (Phi) is 8.63. The summed E-state index contributed by atoms with van der Waals surface area (Å²) in [5.74, 6) is -0.960. The lowest BCUT2D eigenvalue weighted by molar-refractivity contribution is -0.129. The molecule has 0 saturated heterocycles. The summed E-state index contributed by atoms with van der Waals surface area (Å²) in [6, 6.07) is 21.7. The van der Waals surface area contributed by atoms with E-state index in [2.05, 4.69) is 15.6 Å². The SMILES string of the molecule is Nc1cc(CCC(NC(=O)C(c2ccc(O)cc2)c2ccc(O)cc2)C(=O)NCc2ccc(O)cc2)ccn1. The van der Waals surface area contributed by atoms with E-state index in [1.807, 2.05) is 0 Å². The van der Waals surface area contributed by atoms with Crippen LogP contribution in [0.25, 0.3) is 0 Å². The number of nitrogen functional groups attached to an aromatic ring is 1. The van der Waals surface area contributed by atoms with E-state index < -0.39 is 17.9 Å². The quantitative estimate of drug-likeness (QED) is 0.185. The molecule has 1 unspecified atom stereocenters. The number of phenols is 3. The number of hydrogen-bond donors (Lipinski definition) is 6. The van der Waals surface area contributed by atoms with E-state index >= 15 is 0 Å². The summed E-state index contributed by atoms with van der Waals surface area (Å²) in [6.07, 6.45) is 2.36. The molecule has 0 saturated carbocycles. The molecule has 0 aliphatic carbocycles. The van der Waals surface area contributed by atoms with Crippen LogP contribution in [0.5, 0.6) is 17.2 Å².